The highest BCUT2D eigenvalue weighted by atomic mass is 19.1. The van der Waals surface area contributed by atoms with Crippen LogP contribution in [0.15, 0.2) is 42.5 Å². The molecular weight excluding hydrogens is 385 g/mol. The lowest BCUT2D eigenvalue weighted by Gasteiger charge is -2.26. The number of fused-ring (bicyclic) bond motifs is 1. The first-order chi connectivity index (χ1) is 14.4. The monoisotopic (exact) mass is 409 g/mol. The van der Waals surface area contributed by atoms with Gasteiger partial charge in [0.15, 0.2) is 0 Å². The number of carbonyl (C=O) groups excluding carboxylic acids is 3. The number of likely N-dealkylation sites (N-methyl/N-ethyl adjacent to an activating group) is 1. The number of rotatable bonds is 5. The summed E-state index contributed by atoms with van der Waals surface area (Å²) in [6, 6.07) is 10.7. The van der Waals surface area contributed by atoms with Gasteiger partial charge in [-0.15, -0.1) is 0 Å². The molecule has 1 aliphatic heterocycles. The van der Waals surface area contributed by atoms with Gasteiger partial charge in [-0.05, 0) is 60.2 Å². The molecule has 1 fully saturated rings. The Morgan fingerprint density at radius 3 is 2.60 bits per heavy atom. The van der Waals surface area contributed by atoms with E-state index in [1.165, 1.54) is 23.3 Å². The van der Waals surface area contributed by atoms with Gasteiger partial charge in [-0.25, -0.2) is 4.39 Å². The SMILES string of the molecule is CN1C(=O)C[C@H](NC(=O)CNC(=O)c2ccc3c(c2)CCC3)[C@@H]1c1ccc(F)cc1. The Labute approximate surface area is 174 Å². The molecule has 0 bridgehead atoms. The highest BCUT2D eigenvalue weighted by molar-refractivity contribution is 5.96. The fourth-order valence-corrected chi connectivity index (χ4v) is 4.35. The lowest BCUT2D eigenvalue weighted by molar-refractivity contribution is -0.127. The second-order valence-electron chi connectivity index (χ2n) is 7.90. The van der Waals surface area contributed by atoms with Crippen molar-refractivity contribution < 1.29 is 18.8 Å². The summed E-state index contributed by atoms with van der Waals surface area (Å²) in [6.07, 6.45) is 3.28. The molecule has 2 N–H and O–H groups in total. The van der Waals surface area contributed by atoms with Crippen LogP contribution >= 0.6 is 0 Å². The average Bonchev–Trinajstić information content (AvgIpc) is 3.31. The van der Waals surface area contributed by atoms with Gasteiger partial charge in [-0.1, -0.05) is 18.2 Å². The highest BCUT2D eigenvalue weighted by Gasteiger charge is 2.39. The third-order valence-electron chi connectivity index (χ3n) is 5.91. The summed E-state index contributed by atoms with van der Waals surface area (Å²) in [5, 5.41) is 5.49. The van der Waals surface area contributed by atoms with Gasteiger partial charge in [0, 0.05) is 19.0 Å². The van der Waals surface area contributed by atoms with Crippen LogP contribution in [-0.2, 0) is 22.4 Å². The highest BCUT2D eigenvalue weighted by Crippen LogP contribution is 2.32. The smallest absolute Gasteiger partial charge is 0.251 e. The maximum absolute atomic E-state index is 13.3. The van der Waals surface area contributed by atoms with Crippen LogP contribution in [0.25, 0.3) is 0 Å². The third kappa shape index (κ3) is 4.06. The van der Waals surface area contributed by atoms with E-state index in [1.807, 2.05) is 12.1 Å². The van der Waals surface area contributed by atoms with Crippen molar-refractivity contribution >= 4 is 17.7 Å². The first-order valence-corrected chi connectivity index (χ1v) is 10.1. The fraction of sp³-hybridized carbons (Fsp3) is 0.348. The maximum Gasteiger partial charge on any atom is 0.251 e. The molecule has 1 heterocycles. The number of hydrogen-bond acceptors (Lipinski definition) is 3. The number of nitrogens with zero attached hydrogens (tertiary/aromatic N) is 1. The molecule has 2 aliphatic rings. The Bertz CT molecular complexity index is 990. The molecule has 0 spiro atoms. The first-order valence-electron chi connectivity index (χ1n) is 10.1. The summed E-state index contributed by atoms with van der Waals surface area (Å²) >= 11 is 0. The molecule has 7 heteroatoms. The third-order valence-corrected chi connectivity index (χ3v) is 5.91. The Balaban J connectivity index is 1.37. The number of hydrogen-bond donors (Lipinski definition) is 2. The largest absolute Gasteiger partial charge is 0.349 e. The average molecular weight is 409 g/mol. The van der Waals surface area contributed by atoms with Gasteiger partial charge in [0.05, 0.1) is 18.6 Å². The summed E-state index contributed by atoms with van der Waals surface area (Å²) in [6.45, 7) is -0.180. The van der Waals surface area contributed by atoms with Crippen molar-refractivity contribution in [3.05, 3.63) is 70.5 Å². The Hall–Kier alpha value is -3.22. The van der Waals surface area contributed by atoms with Crippen molar-refractivity contribution in [2.45, 2.75) is 37.8 Å². The van der Waals surface area contributed by atoms with Crippen molar-refractivity contribution in [3.8, 4) is 0 Å². The van der Waals surface area contributed by atoms with Crippen molar-refractivity contribution in [3.63, 3.8) is 0 Å². The molecule has 2 aromatic rings. The minimum Gasteiger partial charge on any atom is -0.349 e. The van der Waals surface area contributed by atoms with E-state index in [4.69, 9.17) is 0 Å². The topological polar surface area (TPSA) is 78.5 Å². The van der Waals surface area contributed by atoms with Crippen LogP contribution in [-0.4, -0.2) is 42.3 Å². The van der Waals surface area contributed by atoms with Gasteiger partial charge >= 0.3 is 0 Å². The van der Waals surface area contributed by atoms with E-state index >= 15 is 0 Å². The van der Waals surface area contributed by atoms with Crippen LogP contribution in [0.2, 0.25) is 0 Å². The normalized spacial score (nSPS) is 20.2. The molecule has 2 aromatic carbocycles. The van der Waals surface area contributed by atoms with Crippen molar-refractivity contribution in [2.75, 3.05) is 13.6 Å². The standard InChI is InChI=1S/C23H24FN3O3/c1-27-21(29)12-19(22(27)15-7-9-18(24)10-8-15)26-20(28)13-25-23(30)17-6-5-14-3-2-4-16(14)11-17/h5-11,19,22H,2-4,12-13H2,1H3,(H,25,30)(H,26,28)/t19-,22-/m0/s1. The van der Waals surface area contributed by atoms with Crippen LogP contribution < -0.4 is 10.6 Å². The molecule has 3 amide bonds. The molecule has 2 atom stereocenters. The van der Waals surface area contributed by atoms with Gasteiger partial charge in [0.1, 0.15) is 5.82 Å². The van der Waals surface area contributed by atoms with Crippen LogP contribution in [0, 0.1) is 5.82 Å². The zero-order valence-corrected chi connectivity index (χ0v) is 16.8. The number of amides is 3. The fourth-order valence-electron chi connectivity index (χ4n) is 4.35. The van der Waals surface area contributed by atoms with E-state index in [-0.39, 0.29) is 42.5 Å². The van der Waals surface area contributed by atoms with E-state index in [0.717, 1.165) is 24.8 Å². The Morgan fingerprint density at radius 1 is 1.10 bits per heavy atom. The molecule has 1 aliphatic carbocycles. The maximum atomic E-state index is 13.3. The second-order valence-corrected chi connectivity index (χ2v) is 7.90. The quantitative estimate of drug-likeness (QED) is 0.794. The van der Waals surface area contributed by atoms with Crippen molar-refractivity contribution in [1.82, 2.24) is 15.5 Å². The summed E-state index contributed by atoms with van der Waals surface area (Å²) in [5.41, 5.74) is 3.77. The molecule has 6 nitrogen and oxygen atoms in total. The minimum atomic E-state index is -0.447. The molecule has 1 saturated heterocycles. The lowest BCUT2D eigenvalue weighted by Crippen LogP contribution is -2.44. The van der Waals surface area contributed by atoms with Gasteiger partial charge in [0.25, 0.3) is 5.91 Å². The summed E-state index contributed by atoms with van der Waals surface area (Å²) < 4.78 is 13.3. The van der Waals surface area contributed by atoms with Gasteiger partial charge < -0.3 is 15.5 Å². The first kappa shape index (κ1) is 20.1. The number of nitrogens with one attached hydrogen (secondary N) is 2. The second kappa shape index (κ2) is 8.26. The lowest BCUT2D eigenvalue weighted by atomic mass is 10.00. The number of carbonyl (C=O) groups is 3. The van der Waals surface area contributed by atoms with Crippen molar-refractivity contribution in [1.29, 1.82) is 0 Å². The summed E-state index contributed by atoms with van der Waals surface area (Å²) in [7, 11) is 1.66. The van der Waals surface area contributed by atoms with Crippen LogP contribution in [0.1, 0.15) is 45.9 Å². The minimum absolute atomic E-state index is 0.100. The summed E-state index contributed by atoms with van der Waals surface area (Å²) in [5.74, 6) is -1.13. The molecule has 0 unspecified atom stereocenters. The van der Waals surface area contributed by atoms with Gasteiger partial charge in [0.2, 0.25) is 11.8 Å². The van der Waals surface area contributed by atoms with E-state index < -0.39 is 6.04 Å². The van der Waals surface area contributed by atoms with E-state index in [2.05, 4.69) is 10.6 Å². The predicted octanol–water partition coefficient (Wildman–Crippen LogP) is 2.13. The number of benzene rings is 2. The Morgan fingerprint density at radius 2 is 1.83 bits per heavy atom. The number of halogens is 1. The Kier molecular flexibility index (Phi) is 5.53. The molecule has 0 radical (unpaired) electrons. The number of aryl methyl sites for hydroxylation is 2. The molecule has 0 aromatic heterocycles. The predicted molar refractivity (Wildman–Crippen MR) is 109 cm³/mol. The van der Waals surface area contributed by atoms with E-state index in [1.54, 1.807) is 30.1 Å². The zero-order valence-electron chi connectivity index (χ0n) is 16.8. The van der Waals surface area contributed by atoms with Crippen LogP contribution in [0.4, 0.5) is 4.39 Å². The van der Waals surface area contributed by atoms with Gasteiger partial charge in [-0.2, -0.15) is 0 Å². The van der Waals surface area contributed by atoms with Gasteiger partial charge in [-0.3, -0.25) is 14.4 Å². The summed E-state index contributed by atoms with van der Waals surface area (Å²) in [4.78, 5) is 38.6. The van der Waals surface area contributed by atoms with E-state index in [0.29, 0.717) is 5.56 Å². The molecule has 30 heavy (non-hydrogen) atoms. The van der Waals surface area contributed by atoms with E-state index in [9.17, 15) is 18.8 Å². The zero-order chi connectivity index (χ0) is 21.3. The van der Waals surface area contributed by atoms with Crippen LogP contribution in [0.5, 0.6) is 0 Å². The molecule has 4 rings (SSSR count). The molecule has 0 saturated carbocycles. The van der Waals surface area contributed by atoms with Crippen LogP contribution in [0.3, 0.4) is 0 Å². The van der Waals surface area contributed by atoms with Crippen molar-refractivity contribution in [2.24, 2.45) is 0 Å². The molecule has 156 valence electrons. The molecular formula is C23H24FN3O3. The number of likely N-dealkylation sites (tertiary alicyclic amines) is 1.